The summed E-state index contributed by atoms with van der Waals surface area (Å²) >= 11 is 0. The highest BCUT2D eigenvalue weighted by atomic mass is 16.5. The Balaban J connectivity index is 2.09. The standard InChI is InChI=1S/C11H13NO3/c1-14-11(13)9-6-12-5-4-10(9)15-7-8-2-3-8/h4-6,8H,2-3,7H2,1H3. The predicted octanol–water partition coefficient (Wildman–Crippen LogP) is 1.66. The van der Waals surface area contributed by atoms with Gasteiger partial charge in [-0.3, -0.25) is 4.98 Å². The van der Waals surface area contributed by atoms with Gasteiger partial charge in [0.15, 0.2) is 0 Å². The molecule has 0 N–H and O–H groups in total. The Morgan fingerprint density at radius 3 is 3.07 bits per heavy atom. The monoisotopic (exact) mass is 207 g/mol. The molecule has 1 aliphatic rings. The Labute approximate surface area is 88.2 Å². The average molecular weight is 207 g/mol. The van der Waals surface area contributed by atoms with E-state index in [1.165, 1.54) is 26.1 Å². The molecule has 0 amide bonds. The molecule has 1 aromatic heterocycles. The number of methoxy groups -OCH3 is 1. The lowest BCUT2D eigenvalue weighted by atomic mass is 10.2. The van der Waals surface area contributed by atoms with E-state index < -0.39 is 5.97 Å². The van der Waals surface area contributed by atoms with Gasteiger partial charge >= 0.3 is 5.97 Å². The van der Waals surface area contributed by atoms with E-state index in [0.717, 1.165) is 0 Å². The van der Waals surface area contributed by atoms with Crippen molar-refractivity contribution in [2.75, 3.05) is 13.7 Å². The molecular weight excluding hydrogens is 194 g/mol. The van der Waals surface area contributed by atoms with E-state index in [9.17, 15) is 4.79 Å². The smallest absolute Gasteiger partial charge is 0.343 e. The molecule has 0 atom stereocenters. The van der Waals surface area contributed by atoms with E-state index in [4.69, 9.17) is 4.74 Å². The summed E-state index contributed by atoms with van der Waals surface area (Å²) in [5.41, 5.74) is 0.389. The number of carbonyl (C=O) groups is 1. The van der Waals surface area contributed by atoms with Gasteiger partial charge in [-0.05, 0) is 24.8 Å². The minimum atomic E-state index is -0.408. The molecule has 4 nitrogen and oxygen atoms in total. The Hall–Kier alpha value is -1.58. The van der Waals surface area contributed by atoms with Crippen LogP contribution in [0.15, 0.2) is 18.5 Å². The fraction of sp³-hybridized carbons (Fsp3) is 0.455. The third-order valence-corrected chi connectivity index (χ3v) is 2.36. The van der Waals surface area contributed by atoms with Gasteiger partial charge in [-0.2, -0.15) is 0 Å². The van der Waals surface area contributed by atoms with Gasteiger partial charge in [-0.15, -0.1) is 0 Å². The topological polar surface area (TPSA) is 48.4 Å². The van der Waals surface area contributed by atoms with Crippen molar-refractivity contribution in [2.24, 2.45) is 5.92 Å². The first-order chi connectivity index (χ1) is 7.31. The lowest BCUT2D eigenvalue weighted by molar-refractivity contribution is 0.0595. The zero-order valence-corrected chi connectivity index (χ0v) is 8.60. The number of hydrogen-bond donors (Lipinski definition) is 0. The average Bonchev–Trinajstić information content (AvgIpc) is 3.09. The van der Waals surface area contributed by atoms with Crippen molar-refractivity contribution in [3.05, 3.63) is 24.0 Å². The van der Waals surface area contributed by atoms with Crippen LogP contribution < -0.4 is 4.74 Å². The summed E-state index contributed by atoms with van der Waals surface area (Å²) in [5, 5.41) is 0. The number of nitrogens with zero attached hydrogens (tertiary/aromatic N) is 1. The second-order valence-corrected chi connectivity index (χ2v) is 3.62. The molecular formula is C11H13NO3. The number of pyridine rings is 1. The molecule has 1 heterocycles. The van der Waals surface area contributed by atoms with Crippen LogP contribution in [0.5, 0.6) is 5.75 Å². The minimum absolute atomic E-state index is 0.389. The van der Waals surface area contributed by atoms with Crippen molar-refractivity contribution in [1.29, 1.82) is 0 Å². The maximum atomic E-state index is 11.4. The van der Waals surface area contributed by atoms with Gasteiger partial charge in [0, 0.05) is 12.4 Å². The molecule has 1 aliphatic carbocycles. The number of carbonyl (C=O) groups excluding carboxylic acids is 1. The Morgan fingerprint density at radius 2 is 2.40 bits per heavy atom. The SMILES string of the molecule is COC(=O)c1cnccc1OCC1CC1. The zero-order valence-electron chi connectivity index (χ0n) is 8.60. The minimum Gasteiger partial charge on any atom is -0.492 e. The molecule has 0 bridgehead atoms. The van der Waals surface area contributed by atoms with E-state index in [-0.39, 0.29) is 0 Å². The van der Waals surface area contributed by atoms with Gasteiger partial charge in [0.25, 0.3) is 0 Å². The highest BCUT2D eigenvalue weighted by Gasteiger charge is 2.23. The molecule has 1 saturated carbocycles. The molecule has 0 unspecified atom stereocenters. The number of esters is 1. The molecule has 2 rings (SSSR count). The lowest BCUT2D eigenvalue weighted by Crippen LogP contribution is -2.07. The van der Waals surface area contributed by atoms with E-state index in [1.807, 2.05) is 0 Å². The summed E-state index contributed by atoms with van der Waals surface area (Å²) < 4.78 is 10.2. The molecule has 0 saturated heterocycles. The van der Waals surface area contributed by atoms with Crippen molar-refractivity contribution in [1.82, 2.24) is 4.98 Å². The quantitative estimate of drug-likeness (QED) is 0.704. The summed E-state index contributed by atoms with van der Waals surface area (Å²) in [5.74, 6) is 0.807. The third-order valence-electron chi connectivity index (χ3n) is 2.36. The second-order valence-electron chi connectivity index (χ2n) is 3.62. The highest BCUT2D eigenvalue weighted by Crippen LogP contribution is 2.30. The van der Waals surface area contributed by atoms with Crippen molar-refractivity contribution < 1.29 is 14.3 Å². The van der Waals surface area contributed by atoms with Crippen LogP contribution in [-0.4, -0.2) is 24.7 Å². The fourth-order valence-electron chi connectivity index (χ4n) is 1.26. The third kappa shape index (κ3) is 2.46. The predicted molar refractivity (Wildman–Crippen MR) is 53.8 cm³/mol. The molecule has 80 valence electrons. The molecule has 0 spiro atoms. The number of ether oxygens (including phenoxy) is 2. The summed E-state index contributed by atoms with van der Waals surface area (Å²) in [7, 11) is 1.35. The highest BCUT2D eigenvalue weighted by molar-refractivity contribution is 5.91. The van der Waals surface area contributed by atoms with E-state index >= 15 is 0 Å². The molecule has 0 aliphatic heterocycles. The summed E-state index contributed by atoms with van der Waals surface area (Å²) in [6, 6.07) is 1.69. The van der Waals surface area contributed by atoms with Crippen LogP contribution in [0.3, 0.4) is 0 Å². The molecule has 15 heavy (non-hydrogen) atoms. The first kappa shape index (κ1) is 9.96. The number of rotatable bonds is 4. The van der Waals surface area contributed by atoms with E-state index in [0.29, 0.717) is 23.8 Å². The number of hydrogen-bond acceptors (Lipinski definition) is 4. The van der Waals surface area contributed by atoms with Crippen molar-refractivity contribution >= 4 is 5.97 Å². The van der Waals surface area contributed by atoms with Crippen LogP contribution in [0.25, 0.3) is 0 Å². The first-order valence-electron chi connectivity index (χ1n) is 4.96. The number of aromatic nitrogens is 1. The lowest BCUT2D eigenvalue weighted by Gasteiger charge is -2.08. The van der Waals surface area contributed by atoms with Crippen LogP contribution in [0.4, 0.5) is 0 Å². The summed E-state index contributed by atoms with van der Waals surface area (Å²) in [6.45, 7) is 0.675. The first-order valence-corrected chi connectivity index (χ1v) is 4.96. The van der Waals surface area contributed by atoms with Gasteiger partial charge in [0.1, 0.15) is 11.3 Å². The van der Waals surface area contributed by atoms with Crippen LogP contribution >= 0.6 is 0 Å². The molecule has 4 heteroatoms. The normalized spacial score (nSPS) is 14.7. The molecule has 1 fully saturated rings. The van der Waals surface area contributed by atoms with Crippen molar-refractivity contribution in [3.8, 4) is 5.75 Å². The van der Waals surface area contributed by atoms with Gasteiger partial charge in [0.2, 0.25) is 0 Å². The van der Waals surface area contributed by atoms with Crippen molar-refractivity contribution in [2.45, 2.75) is 12.8 Å². The fourth-order valence-corrected chi connectivity index (χ4v) is 1.26. The molecule has 1 aromatic rings. The van der Waals surface area contributed by atoms with E-state index in [1.54, 1.807) is 12.3 Å². The van der Waals surface area contributed by atoms with Gasteiger partial charge in [-0.1, -0.05) is 0 Å². The maximum Gasteiger partial charge on any atom is 0.343 e. The maximum absolute atomic E-state index is 11.4. The van der Waals surface area contributed by atoms with Crippen molar-refractivity contribution in [3.63, 3.8) is 0 Å². The molecule has 0 aromatic carbocycles. The van der Waals surface area contributed by atoms with Gasteiger partial charge < -0.3 is 9.47 Å². The van der Waals surface area contributed by atoms with Crippen LogP contribution in [-0.2, 0) is 4.74 Å². The molecule has 0 radical (unpaired) electrons. The van der Waals surface area contributed by atoms with Gasteiger partial charge in [0.05, 0.1) is 13.7 Å². The van der Waals surface area contributed by atoms with Gasteiger partial charge in [-0.25, -0.2) is 4.79 Å². The Bertz CT molecular complexity index is 361. The second kappa shape index (κ2) is 4.29. The Morgan fingerprint density at radius 1 is 1.60 bits per heavy atom. The summed E-state index contributed by atoms with van der Waals surface area (Å²) in [4.78, 5) is 15.2. The summed E-state index contributed by atoms with van der Waals surface area (Å²) in [6.07, 6.45) is 5.51. The van der Waals surface area contributed by atoms with Crippen LogP contribution in [0.1, 0.15) is 23.2 Å². The van der Waals surface area contributed by atoms with E-state index in [2.05, 4.69) is 9.72 Å². The zero-order chi connectivity index (χ0) is 10.7. The Kier molecular flexibility index (Phi) is 2.85. The largest absolute Gasteiger partial charge is 0.492 e. The van der Waals surface area contributed by atoms with Crippen LogP contribution in [0.2, 0.25) is 0 Å². The van der Waals surface area contributed by atoms with Crippen LogP contribution in [0, 0.1) is 5.92 Å².